The molecule has 1 atom stereocenters. The average molecular weight is 478 g/mol. The predicted octanol–water partition coefficient (Wildman–Crippen LogP) is 2.52. The maximum Gasteiger partial charge on any atom is 0.219 e. The molecule has 3 aromatic rings. The van der Waals surface area contributed by atoms with Crippen LogP contribution < -0.4 is 10.6 Å². The summed E-state index contributed by atoms with van der Waals surface area (Å²) in [7, 11) is 1.68. The Balaban J connectivity index is 1.35. The molecule has 1 aliphatic heterocycles. The van der Waals surface area contributed by atoms with Gasteiger partial charge in [-0.15, -0.1) is 0 Å². The van der Waals surface area contributed by atoms with Crippen LogP contribution >= 0.6 is 0 Å². The molecule has 0 aliphatic carbocycles. The van der Waals surface area contributed by atoms with E-state index in [2.05, 4.69) is 54.8 Å². The minimum absolute atomic E-state index is 0.146. The molecule has 9 heteroatoms. The summed E-state index contributed by atoms with van der Waals surface area (Å²) >= 11 is 0. The summed E-state index contributed by atoms with van der Waals surface area (Å²) in [4.78, 5) is 29.7. The molecule has 2 N–H and O–H groups in total. The van der Waals surface area contributed by atoms with Gasteiger partial charge in [0, 0.05) is 77.5 Å². The third kappa shape index (κ3) is 7.34. The van der Waals surface area contributed by atoms with Gasteiger partial charge in [0.2, 0.25) is 5.91 Å². The number of rotatable bonds is 10. The fourth-order valence-corrected chi connectivity index (χ4v) is 4.56. The lowest BCUT2D eigenvalue weighted by Gasteiger charge is -2.24. The Labute approximate surface area is 206 Å². The molecule has 1 unspecified atom stereocenters. The summed E-state index contributed by atoms with van der Waals surface area (Å²) < 4.78 is 5.07. The number of amides is 1. The number of ether oxygens (including phenoxy) is 1. The highest BCUT2D eigenvalue weighted by Gasteiger charge is 2.24. The standard InChI is InChI=1S/C26H35N7O2/c1-20(34)33-12-11-32(10-8-28-25-16-26(31-19-30-25)29-9-13-35-2)17-22(18-33)14-21-5-6-24-23(15-21)4-3-7-27-24/h3-7,15-16,19,22H,8-14,17-18H2,1-2H3,(H2,28,29,30,31). The molecule has 1 fully saturated rings. The highest BCUT2D eigenvalue weighted by atomic mass is 16.5. The van der Waals surface area contributed by atoms with E-state index in [-0.39, 0.29) is 5.91 Å². The lowest BCUT2D eigenvalue weighted by molar-refractivity contribution is -0.129. The largest absolute Gasteiger partial charge is 0.383 e. The van der Waals surface area contributed by atoms with E-state index < -0.39 is 0 Å². The monoisotopic (exact) mass is 477 g/mol. The number of anilines is 2. The molecule has 1 saturated heterocycles. The van der Waals surface area contributed by atoms with Crippen LogP contribution in [0, 0.1) is 5.92 Å². The van der Waals surface area contributed by atoms with Crippen molar-refractivity contribution in [3.63, 3.8) is 0 Å². The van der Waals surface area contributed by atoms with E-state index >= 15 is 0 Å². The Hall–Kier alpha value is -3.30. The highest BCUT2D eigenvalue weighted by Crippen LogP contribution is 2.19. The number of nitrogens with zero attached hydrogens (tertiary/aromatic N) is 5. The third-order valence-electron chi connectivity index (χ3n) is 6.33. The Morgan fingerprint density at radius 3 is 2.69 bits per heavy atom. The first kappa shape index (κ1) is 24.8. The van der Waals surface area contributed by atoms with E-state index in [1.54, 1.807) is 20.4 Å². The second-order valence-corrected chi connectivity index (χ2v) is 9.00. The maximum atomic E-state index is 12.2. The molecule has 2 aromatic heterocycles. The number of hydrogen-bond acceptors (Lipinski definition) is 8. The summed E-state index contributed by atoms with van der Waals surface area (Å²) in [6.07, 6.45) is 4.31. The SMILES string of the molecule is COCCNc1cc(NCCN2CCN(C(C)=O)CC(Cc3ccc4ncccc4c3)C2)ncn1. The van der Waals surface area contributed by atoms with Gasteiger partial charge in [-0.25, -0.2) is 9.97 Å². The number of fused-ring (bicyclic) bond motifs is 1. The first-order valence-corrected chi connectivity index (χ1v) is 12.2. The van der Waals surface area contributed by atoms with Gasteiger partial charge in [-0.1, -0.05) is 12.1 Å². The van der Waals surface area contributed by atoms with Crippen LogP contribution in [-0.4, -0.2) is 90.2 Å². The Morgan fingerprint density at radius 2 is 1.89 bits per heavy atom. The number of aromatic nitrogens is 3. The van der Waals surface area contributed by atoms with E-state index in [9.17, 15) is 4.79 Å². The Kier molecular flexibility index (Phi) is 8.80. The number of benzene rings is 1. The Bertz CT molecular complexity index is 1110. The van der Waals surface area contributed by atoms with E-state index in [1.165, 1.54) is 5.56 Å². The molecule has 186 valence electrons. The quantitative estimate of drug-likeness (QED) is 0.430. The Morgan fingerprint density at radius 1 is 1.06 bits per heavy atom. The number of pyridine rings is 1. The summed E-state index contributed by atoms with van der Waals surface area (Å²) in [5.74, 6) is 2.08. The van der Waals surface area contributed by atoms with E-state index in [0.717, 1.165) is 68.2 Å². The van der Waals surface area contributed by atoms with Crippen molar-refractivity contribution in [2.24, 2.45) is 5.92 Å². The van der Waals surface area contributed by atoms with Crippen LogP contribution in [0.5, 0.6) is 0 Å². The molecule has 0 radical (unpaired) electrons. The average Bonchev–Trinajstić information content (AvgIpc) is 3.07. The molecule has 1 aliphatic rings. The van der Waals surface area contributed by atoms with Gasteiger partial charge in [0.25, 0.3) is 0 Å². The smallest absolute Gasteiger partial charge is 0.219 e. The van der Waals surface area contributed by atoms with E-state index in [4.69, 9.17) is 4.74 Å². The van der Waals surface area contributed by atoms with Gasteiger partial charge in [-0.3, -0.25) is 14.7 Å². The lowest BCUT2D eigenvalue weighted by Crippen LogP contribution is -2.35. The summed E-state index contributed by atoms with van der Waals surface area (Å²) in [5.41, 5.74) is 2.30. The number of nitrogens with one attached hydrogen (secondary N) is 2. The van der Waals surface area contributed by atoms with Gasteiger partial charge in [0.15, 0.2) is 0 Å². The van der Waals surface area contributed by atoms with Gasteiger partial charge < -0.3 is 20.3 Å². The number of carbonyl (C=O) groups is 1. The fraction of sp³-hybridized carbons (Fsp3) is 0.462. The second kappa shape index (κ2) is 12.4. The van der Waals surface area contributed by atoms with Crippen molar-refractivity contribution in [2.45, 2.75) is 13.3 Å². The van der Waals surface area contributed by atoms with Crippen LogP contribution in [0.1, 0.15) is 12.5 Å². The van der Waals surface area contributed by atoms with Gasteiger partial charge >= 0.3 is 0 Å². The zero-order valence-electron chi connectivity index (χ0n) is 20.6. The molecule has 1 aromatic carbocycles. The van der Waals surface area contributed by atoms with Crippen LogP contribution in [0.25, 0.3) is 10.9 Å². The molecular weight excluding hydrogens is 442 g/mol. The first-order chi connectivity index (χ1) is 17.1. The van der Waals surface area contributed by atoms with Crippen molar-refractivity contribution in [1.29, 1.82) is 0 Å². The second-order valence-electron chi connectivity index (χ2n) is 9.00. The zero-order valence-corrected chi connectivity index (χ0v) is 20.6. The van der Waals surface area contributed by atoms with Crippen LogP contribution in [0.3, 0.4) is 0 Å². The van der Waals surface area contributed by atoms with E-state index in [1.807, 2.05) is 23.2 Å². The van der Waals surface area contributed by atoms with Gasteiger partial charge in [-0.2, -0.15) is 0 Å². The third-order valence-corrected chi connectivity index (χ3v) is 6.33. The van der Waals surface area contributed by atoms with Crippen LogP contribution in [-0.2, 0) is 16.0 Å². The maximum absolute atomic E-state index is 12.2. The lowest BCUT2D eigenvalue weighted by atomic mass is 9.97. The van der Waals surface area contributed by atoms with Crippen LogP contribution in [0.15, 0.2) is 48.9 Å². The molecule has 0 spiro atoms. The van der Waals surface area contributed by atoms with Crippen LogP contribution in [0.2, 0.25) is 0 Å². The van der Waals surface area contributed by atoms with Crippen molar-refractivity contribution in [3.05, 3.63) is 54.5 Å². The van der Waals surface area contributed by atoms with Crippen molar-refractivity contribution in [2.75, 3.05) is 70.2 Å². The van der Waals surface area contributed by atoms with Crippen LogP contribution in [0.4, 0.5) is 11.6 Å². The molecule has 1 amide bonds. The van der Waals surface area contributed by atoms with Gasteiger partial charge in [-0.05, 0) is 36.1 Å². The molecule has 4 rings (SSSR count). The number of methoxy groups -OCH3 is 1. The highest BCUT2D eigenvalue weighted by molar-refractivity contribution is 5.79. The van der Waals surface area contributed by atoms with Gasteiger partial charge in [0.05, 0.1) is 12.1 Å². The molecule has 3 heterocycles. The summed E-state index contributed by atoms with van der Waals surface area (Å²) in [6.45, 7) is 7.99. The topological polar surface area (TPSA) is 95.5 Å². The molecule has 9 nitrogen and oxygen atoms in total. The molecule has 35 heavy (non-hydrogen) atoms. The fourth-order valence-electron chi connectivity index (χ4n) is 4.56. The normalized spacial score (nSPS) is 16.7. The van der Waals surface area contributed by atoms with Gasteiger partial charge in [0.1, 0.15) is 18.0 Å². The summed E-state index contributed by atoms with van der Waals surface area (Å²) in [6, 6.07) is 12.5. The zero-order chi connectivity index (χ0) is 24.5. The molecule has 0 saturated carbocycles. The van der Waals surface area contributed by atoms with Crippen molar-refractivity contribution in [3.8, 4) is 0 Å². The van der Waals surface area contributed by atoms with Crippen molar-refractivity contribution >= 4 is 28.4 Å². The first-order valence-electron chi connectivity index (χ1n) is 12.2. The molecule has 0 bridgehead atoms. The minimum Gasteiger partial charge on any atom is -0.383 e. The predicted molar refractivity (Wildman–Crippen MR) is 139 cm³/mol. The molecular formula is C26H35N7O2. The van der Waals surface area contributed by atoms with Crippen molar-refractivity contribution < 1.29 is 9.53 Å². The number of carbonyl (C=O) groups excluding carboxylic acids is 1. The minimum atomic E-state index is 0.146. The van der Waals surface area contributed by atoms with Crippen molar-refractivity contribution in [1.82, 2.24) is 24.8 Å². The number of hydrogen-bond donors (Lipinski definition) is 2. The summed E-state index contributed by atoms with van der Waals surface area (Å²) in [5, 5.41) is 7.79. The van der Waals surface area contributed by atoms with E-state index in [0.29, 0.717) is 19.1 Å².